The quantitative estimate of drug-likeness (QED) is 0.652. The van der Waals surface area contributed by atoms with Gasteiger partial charge in [-0.2, -0.15) is 0 Å². The first-order valence-electron chi connectivity index (χ1n) is 6.47. The molecule has 0 atom stereocenters. The fourth-order valence-electron chi connectivity index (χ4n) is 2.46. The van der Waals surface area contributed by atoms with Crippen molar-refractivity contribution in [2.24, 2.45) is 0 Å². The number of anilines is 1. The van der Waals surface area contributed by atoms with Crippen molar-refractivity contribution in [1.82, 2.24) is 9.88 Å². The van der Waals surface area contributed by atoms with Crippen LogP contribution in [-0.2, 0) is 0 Å². The molecule has 0 amide bonds. The van der Waals surface area contributed by atoms with Gasteiger partial charge in [0.25, 0.3) is 5.69 Å². The second-order valence-corrected chi connectivity index (χ2v) is 5.44. The molecule has 1 aliphatic carbocycles. The van der Waals surface area contributed by atoms with Crippen LogP contribution in [0.4, 0.5) is 11.5 Å². The minimum absolute atomic E-state index is 0.0361. The maximum atomic E-state index is 10.7. The minimum Gasteiger partial charge on any atom is -0.368 e. The van der Waals surface area contributed by atoms with E-state index in [-0.39, 0.29) is 11.2 Å². The molecular weight excluding hydrogens is 244 g/mol. The fraction of sp³-hybridized carbons (Fsp3) is 0.615. The number of nitrogens with zero attached hydrogens (tertiary/aromatic N) is 3. The third kappa shape index (κ3) is 2.68. The van der Waals surface area contributed by atoms with Crippen LogP contribution in [0.2, 0.25) is 0 Å². The average Bonchev–Trinajstić information content (AvgIpc) is 2.28. The van der Waals surface area contributed by atoms with Gasteiger partial charge < -0.3 is 10.2 Å². The lowest BCUT2D eigenvalue weighted by Gasteiger charge is -2.47. The molecule has 1 heterocycles. The highest BCUT2D eigenvalue weighted by atomic mass is 16.6. The first kappa shape index (κ1) is 13.7. The average molecular weight is 264 g/mol. The summed E-state index contributed by atoms with van der Waals surface area (Å²) in [6, 6.07) is 1.55. The van der Waals surface area contributed by atoms with Gasteiger partial charge in [0, 0.05) is 18.2 Å². The van der Waals surface area contributed by atoms with Crippen molar-refractivity contribution in [2.45, 2.75) is 31.7 Å². The van der Waals surface area contributed by atoms with Crippen molar-refractivity contribution in [1.29, 1.82) is 0 Å². The van der Waals surface area contributed by atoms with Gasteiger partial charge >= 0.3 is 0 Å². The van der Waals surface area contributed by atoms with Crippen LogP contribution in [0.1, 0.15) is 24.8 Å². The van der Waals surface area contributed by atoms with Gasteiger partial charge in [-0.1, -0.05) is 0 Å². The number of hydrogen-bond acceptors (Lipinski definition) is 5. The van der Waals surface area contributed by atoms with E-state index >= 15 is 0 Å². The molecule has 0 unspecified atom stereocenters. The summed E-state index contributed by atoms with van der Waals surface area (Å²) in [5.41, 5.74) is 1.05. The lowest BCUT2D eigenvalue weighted by Crippen LogP contribution is -2.54. The van der Waals surface area contributed by atoms with Crippen molar-refractivity contribution in [3.63, 3.8) is 0 Å². The lowest BCUT2D eigenvalue weighted by molar-refractivity contribution is -0.385. The van der Waals surface area contributed by atoms with Crippen molar-refractivity contribution in [3.8, 4) is 0 Å². The van der Waals surface area contributed by atoms with Gasteiger partial charge in [-0.3, -0.25) is 10.1 Å². The fourth-order valence-corrected chi connectivity index (χ4v) is 2.46. The molecule has 6 nitrogen and oxygen atoms in total. The summed E-state index contributed by atoms with van der Waals surface area (Å²) in [7, 11) is 4.19. The zero-order valence-electron chi connectivity index (χ0n) is 11.6. The zero-order chi connectivity index (χ0) is 14.0. The predicted octanol–water partition coefficient (Wildman–Crippen LogP) is 2.19. The van der Waals surface area contributed by atoms with Crippen molar-refractivity contribution >= 4 is 11.5 Å². The number of aromatic nitrogens is 1. The minimum atomic E-state index is -0.420. The van der Waals surface area contributed by atoms with Gasteiger partial charge in [0.15, 0.2) is 0 Å². The van der Waals surface area contributed by atoms with E-state index in [0.717, 1.165) is 17.9 Å². The Kier molecular flexibility index (Phi) is 3.71. The molecule has 0 aromatic carbocycles. The second-order valence-electron chi connectivity index (χ2n) is 5.44. The maximum Gasteiger partial charge on any atom is 0.287 e. The van der Waals surface area contributed by atoms with E-state index in [4.69, 9.17) is 0 Å². The summed E-state index contributed by atoms with van der Waals surface area (Å²) in [5.74, 6) is 0.735. The molecular formula is C13H20N4O2. The molecule has 1 aromatic rings. The second kappa shape index (κ2) is 5.13. The molecule has 1 N–H and O–H groups in total. The number of likely N-dealkylation sites (N-methyl/N-ethyl adjacent to an activating group) is 1. The molecule has 0 spiro atoms. The number of nitrogens with one attached hydrogen (secondary N) is 1. The van der Waals surface area contributed by atoms with Crippen LogP contribution in [0.3, 0.4) is 0 Å². The number of nitro groups is 1. The topological polar surface area (TPSA) is 71.3 Å². The van der Waals surface area contributed by atoms with Gasteiger partial charge in [-0.15, -0.1) is 0 Å². The molecule has 0 saturated heterocycles. The zero-order valence-corrected chi connectivity index (χ0v) is 11.6. The Morgan fingerprint density at radius 3 is 2.63 bits per heavy atom. The van der Waals surface area contributed by atoms with Crippen LogP contribution in [-0.4, -0.2) is 41.0 Å². The van der Waals surface area contributed by atoms with Gasteiger partial charge in [0.05, 0.1) is 4.92 Å². The van der Waals surface area contributed by atoms with E-state index in [2.05, 4.69) is 29.3 Å². The Hall–Kier alpha value is -1.69. The number of pyridine rings is 1. The Balaban J connectivity index is 2.06. The third-order valence-corrected chi connectivity index (χ3v) is 4.09. The molecule has 0 bridgehead atoms. The summed E-state index contributed by atoms with van der Waals surface area (Å²) in [5, 5.41) is 14.0. The molecule has 0 aliphatic heterocycles. The summed E-state index contributed by atoms with van der Waals surface area (Å²) in [6.45, 7) is 2.66. The Morgan fingerprint density at radius 1 is 1.53 bits per heavy atom. The highest BCUT2D eigenvalue weighted by molar-refractivity contribution is 5.48. The molecule has 1 aliphatic rings. The van der Waals surface area contributed by atoms with Crippen LogP contribution < -0.4 is 5.32 Å². The van der Waals surface area contributed by atoms with Crippen LogP contribution >= 0.6 is 0 Å². The van der Waals surface area contributed by atoms with Crippen molar-refractivity contribution in [2.75, 3.05) is 26.0 Å². The number of hydrogen-bond donors (Lipinski definition) is 1. The van der Waals surface area contributed by atoms with Gasteiger partial charge in [-0.05, 0) is 45.8 Å². The Labute approximate surface area is 113 Å². The maximum absolute atomic E-state index is 10.7. The SMILES string of the molecule is Cc1cc([N+](=O)[O-])cnc1NCC1(N(C)C)CCC1. The normalized spacial score (nSPS) is 17.1. The monoisotopic (exact) mass is 264 g/mol. The molecule has 0 radical (unpaired) electrons. The molecule has 1 aromatic heterocycles. The lowest BCUT2D eigenvalue weighted by atomic mass is 9.75. The highest BCUT2D eigenvalue weighted by Gasteiger charge is 2.38. The highest BCUT2D eigenvalue weighted by Crippen LogP contribution is 2.36. The molecule has 6 heteroatoms. The summed E-state index contributed by atoms with van der Waals surface area (Å²) in [4.78, 5) is 16.6. The summed E-state index contributed by atoms with van der Waals surface area (Å²) >= 11 is 0. The van der Waals surface area contributed by atoms with E-state index in [1.807, 2.05) is 6.92 Å². The van der Waals surface area contributed by atoms with Crippen molar-refractivity contribution in [3.05, 3.63) is 27.9 Å². The third-order valence-electron chi connectivity index (χ3n) is 4.09. The van der Waals surface area contributed by atoms with E-state index in [1.165, 1.54) is 25.5 Å². The van der Waals surface area contributed by atoms with E-state index < -0.39 is 4.92 Å². The Morgan fingerprint density at radius 2 is 2.21 bits per heavy atom. The van der Waals surface area contributed by atoms with Crippen LogP contribution in [0.15, 0.2) is 12.3 Å². The number of rotatable bonds is 5. The molecule has 2 rings (SSSR count). The van der Waals surface area contributed by atoms with Crippen LogP contribution in [0.5, 0.6) is 0 Å². The molecule has 19 heavy (non-hydrogen) atoms. The summed E-state index contributed by atoms with van der Waals surface area (Å²) in [6.07, 6.45) is 4.92. The molecule has 1 fully saturated rings. The van der Waals surface area contributed by atoms with E-state index in [1.54, 1.807) is 6.07 Å². The number of aryl methyl sites for hydroxylation is 1. The largest absolute Gasteiger partial charge is 0.368 e. The van der Waals surface area contributed by atoms with Crippen LogP contribution in [0, 0.1) is 17.0 Å². The van der Waals surface area contributed by atoms with E-state index in [0.29, 0.717) is 0 Å². The van der Waals surface area contributed by atoms with Gasteiger partial charge in [-0.25, -0.2) is 4.98 Å². The molecule has 1 saturated carbocycles. The standard InChI is InChI=1S/C13H20N4O2/c1-10-7-11(17(18)19)8-14-12(10)15-9-13(16(2)3)5-4-6-13/h7-8H,4-6,9H2,1-3H3,(H,14,15). The van der Waals surface area contributed by atoms with Crippen LogP contribution in [0.25, 0.3) is 0 Å². The smallest absolute Gasteiger partial charge is 0.287 e. The predicted molar refractivity (Wildman–Crippen MR) is 74.4 cm³/mol. The van der Waals surface area contributed by atoms with E-state index in [9.17, 15) is 10.1 Å². The van der Waals surface area contributed by atoms with Crippen molar-refractivity contribution < 1.29 is 4.92 Å². The first-order valence-corrected chi connectivity index (χ1v) is 6.47. The molecule has 104 valence electrons. The van der Waals surface area contributed by atoms with Gasteiger partial charge in [0.2, 0.25) is 0 Å². The summed E-state index contributed by atoms with van der Waals surface area (Å²) < 4.78 is 0. The Bertz CT molecular complexity index is 484. The van der Waals surface area contributed by atoms with Gasteiger partial charge in [0.1, 0.15) is 12.0 Å². The first-order chi connectivity index (χ1) is 8.94.